The van der Waals surface area contributed by atoms with Crippen LogP contribution in [-0.2, 0) is 0 Å². The number of carbonyl (C=O) groups is 1. The minimum Gasteiger partial charge on any atom is -0.508 e. The smallest absolute Gasteiger partial charge is 0.270 e. The Morgan fingerprint density at radius 3 is 2.76 bits per heavy atom. The summed E-state index contributed by atoms with van der Waals surface area (Å²) in [5, 5.41) is 10.3. The number of phenolic OH excluding ortho intramolecular Hbond substituents is 1. The molecule has 3 rings (SSSR count). The fourth-order valence-corrected chi connectivity index (χ4v) is 2.32. The Balaban J connectivity index is 1.97. The van der Waals surface area contributed by atoms with Crippen molar-refractivity contribution in [2.75, 3.05) is 13.1 Å². The first-order valence-electron chi connectivity index (χ1n) is 5.85. The lowest BCUT2D eigenvalue weighted by molar-refractivity contribution is 0.0788. The van der Waals surface area contributed by atoms with E-state index < -0.39 is 0 Å². The van der Waals surface area contributed by atoms with E-state index >= 15 is 0 Å². The predicted molar refractivity (Wildman–Crippen MR) is 65.1 cm³/mol. The van der Waals surface area contributed by atoms with Crippen molar-refractivity contribution in [1.82, 2.24) is 9.88 Å². The van der Waals surface area contributed by atoms with Crippen molar-refractivity contribution >= 4 is 16.8 Å². The van der Waals surface area contributed by atoms with E-state index in [9.17, 15) is 9.90 Å². The van der Waals surface area contributed by atoms with E-state index in [1.807, 2.05) is 17.0 Å². The molecule has 4 heteroatoms. The minimum absolute atomic E-state index is 0.0539. The standard InChI is InChI=1S/C13H14N2O2/c16-10-4-3-9-7-12(14-11(9)8-10)13(17)15-5-1-2-6-15/h3-4,7-8,14,16H,1-2,5-6H2. The largest absolute Gasteiger partial charge is 0.508 e. The average Bonchev–Trinajstić information content (AvgIpc) is 2.96. The third kappa shape index (κ3) is 1.75. The summed E-state index contributed by atoms with van der Waals surface area (Å²) in [6, 6.07) is 6.91. The predicted octanol–water partition coefficient (Wildman–Crippen LogP) is 2.11. The average molecular weight is 230 g/mol. The molecule has 1 fully saturated rings. The summed E-state index contributed by atoms with van der Waals surface area (Å²) in [5.41, 5.74) is 1.40. The highest BCUT2D eigenvalue weighted by atomic mass is 16.3. The summed E-state index contributed by atoms with van der Waals surface area (Å²) in [6.07, 6.45) is 2.18. The Bertz CT molecular complexity index is 568. The molecule has 0 bridgehead atoms. The summed E-state index contributed by atoms with van der Waals surface area (Å²) < 4.78 is 0. The number of phenols is 1. The summed E-state index contributed by atoms with van der Waals surface area (Å²) >= 11 is 0. The Hall–Kier alpha value is -1.97. The molecule has 1 aromatic heterocycles. The van der Waals surface area contributed by atoms with E-state index in [-0.39, 0.29) is 11.7 Å². The molecule has 2 heterocycles. The normalized spacial score (nSPS) is 15.6. The molecule has 2 N–H and O–H groups in total. The van der Waals surface area contributed by atoms with Gasteiger partial charge in [0.05, 0.1) is 0 Å². The van der Waals surface area contributed by atoms with Crippen LogP contribution in [0.2, 0.25) is 0 Å². The molecule has 0 radical (unpaired) electrons. The van der Waals surface area contributed by atoms with Gasteiger partial charge in [0.1, 0.15) is 11.4 Å². The van der Waals surface area contributed by atoms with Crippen LogP contribution in [0.3, 0.4) is 0 Å². The zero-order valence-electron chi connectivity index (χ0n) is 9.44. The van der Waals surface area contributed by atoms with Gasteiger partial charge in [-0.25, -0.2) is 0 Å². The molecule has 1 saturated heterocycles. The fourth-order valence-electron chi connectivity index (χ4n) is 2.32. The SMILES string of the molecule is O=C(c1cc2ccc(O)cc2[nH]1)N1CCCC1. The molecule has 0 unspecified atom stereocenters. The van der Waals surface area contributed by atoms with Gasteiger partial charge in [-0.15, -0.1) is 0 Å². The van der Waals surface area contributed by atoms with Crippen LogP contribution in [0.15, 0.2) is 24.3 Å². The Kier molecular flexibility index (Phi) is 2.28. The van der Waals surface area contributed by atoms with E-state index in [1.54, 1.807) is 12.1 Å². The maximum absolute atomic E-state index is 12.1. The third-order valence-electron chi connectivity index (χ3n) is 3.23. The van der Waals surface area contributed by atoms with Gasteiger partial charge in [-0.3, -0.25) is 4.79 Å². The monoisotopic (exact) mass is 230 g/mol. The van der Waals surface area contributed by atoms with Crippen LogP contribution in [0.25, 0.3) is 10.9 Å². The second-order valence-electron chi connectivity index (χ2n) is 4.45. The van der Waals surface area contributed by atoms with Crippen molar-refractivity contribution < 1.29 is 9.90 Å². The van der Waals surface area contributed by atoms with Crippen molar-refractivity contribution in [2.24, 2.45) is 0 Å². The van der Waals surface area contributed by atoms with Crippen LogP contribution in [0.1, 0.15) is 23.3 Å². The van der Waals surface area contributed by atoms with Crippen LogP contribution >= 0.6 is 0 Å². The number of fused-ring (bicyclic) bond motifs is 1. The zero-order chi connectivity index (χ0) is 11.8. The van der Waals surface area contributed by atoms with Gasteiger partial charge in [-0.05, 0) is 31.0 Å². The van der Waals surface area contributed by atoms with Crippen LogP contribution in [0.4, 0.5) is 0 Å². The number of nitrogens with zero attached hydrogens (tertiary/aromatic N) is 1. The van der Waals surface area contributed by atoms with Crippen LogP contribution in [0, 0.1) is 0 Å². The second-order valence-corrected chi connectivity index (χ2v) is 4.45. The third-order valence-corrected chi connectivity index (χ3v) is 3.23. The summed E-state index contributed by atoms with van der Waals surface area (Å²) in [7, 11) is 0. The molecule has 17 heavy (non-hydrogen) atoms. The number of rotatable bonds is 1. The molecule has 0 spiro atoms. The highest BCUT2D eigenvalue weighted by Crippen LogP contribution is 2.22. The number of nitrogens with one attached hydrogen (secondary N) is 1. The van der Waals surface area contributed by atoms with E-state index in [1.165, 1.54) is 0 Å². The van der Waals surface area contributed by atoms with Gasteiger partial charge >= 0.3 is 0 Å². The Labute approximate surface area is 98.9 Å². The number of H-pyrrole nitrogens is 1. The van der Waals surface area contributed by atoms with Crippen LogP contribution < -0.4 is 0 Å². The van der Waals surface area contributed by atoms with Crippen molar-refractivity contribution in [1.29, 1.82) is 0 Å². The Morgan fingerprint density at radius 1 is 1.24 bits per heavy atom. The molecule has 1 amide bonds. The van der Waals surface area contributed by atoms with Gasteiger partial charge < -0.3 is 15.0 Å². The number of aromatic hydroxyl groups is 1. The van der Waals surface area contributed by atoms with E-state index in [0.29, 0.717) is 5.69 Å². The van der Waals surface area contributed by atoms with E-state index in [0.717, 1.165) is 36.8 Å². The van der Waals surface area contributed by atoms with Crippen molar-refractivity contribution in [3.05, 3.63) is 30.0 Å². The summed E-state index contributed by atoms with van der Waals surface area (Å²) in [5.74, 6) is 0.262. The van der Waals surface area contributed by atoms with Crippen molar-refractivity contribution in [3.63, 3.8) is 0 Å². The van der Waals surface area contributed by atoms with Gasteiger partial charge in [0.15, 0.2) is 0 Å². The molecule has 0 saturated carbocycles. The van der Waals surface area contributed by atoms with Crippen molar-refractivity contribution in [3.8, 4) is 5.75 Å². The molecule has 0 atom stereocenters. The number of aromatic nitrogens is 1. The second kappa shape index (κ2) is 3.80. The first-order valence-corrected chi connectivity index (χ1v) is 5.85. The molecular weight excluding hydrogens is 216 g/mol. The zero-order valence-corrected chi connectivity index (χ0v) is 9.44. The highest BCUT2D eigenvalue weighted by Gasteiger charge is 2.20. The lowest BCUT2D eigenvalue weighted by atomic mass is 10.2. The van der Waals surface area contributed by atoms with Gasteiger partial charge in [0.2, 0.25) is 0 Å². The summed E-state index contributed by atoms with van der Waals surface area (Å²) in [4.78, 5) is 17.1. The molecular formula is C13H14N2O2. The molecule has 1 aliphatic rings. The quantitative estimate of drug-likeness (QED) is 0.788. The number of aromatic amines is 1. The van der Waals surface area contributed by atoms with E-state index in [4.69, 9.17) is 0 Å². The number of hydrogen-bond donors (Lipinski definition) is 2. The maximum atomic E-state index is 12.1. The highest BCUT2D eigenvalue weighted by molar-refractivity contribution is 5.98. The topological polar surface area (TPSA) is 56.3 Å². The lowest BCUT2D eigenvalue weighted by Crippen LogP contribution is -2.27. The van der Waals surface area contributed by atoms with Gasteiger partial charge in [0.25, 0.3) is 5.91 Å². The van der Waals surface area contributed by atoms with Gasteiger partial charge in [-0.1, -0.05) is 0 Å². The van der Waals surface area contributed by atoms with Gasteiger partial charge in [-0.2, -0.15) is 0 Å². The minimum atomic E-state index is 0.0539. The number of likely N-dealkylation sites (tertiary alicyclic amines) is 1. The molecule has 2 aromatic rings. The number of carbonyl (C=O) groups excluding carboxylic acids is 1. The first-order chi connectivity index (χ1) is 8.24. The van der Waals surface area contributed by atoms with Crippen LogP contribution in [0.5, 0.6) is 5.75 Å². The summed E-state index contributed by atoms with van der Waals surface area (Å²) in [6.45, 7) is 1.69. The fraction of sp³-hybridized carbons (Fsp3) is 0.308. The first kappa shape index (κ1) is 10.2. The molecule has 1 aromatic carbocycles. The molecule has 0 aliphatic carbocycles. The van der Waals surface area contributed by atoms with E-state index in [2.05, 4.69) is 4.98 Å². The number of benzene rings is 1. The van der Waals surface area contributed by atoms with Gasteiger partial charge in [0, 0.05) is 30.1 Å². The van der Waals surface area contributed by atoms with Crippen LogP contribution in [-0.4, -0.2) is 34.0 Å². The molecule has 1 aliphatic heterocycles. The number of amides is 1. The number of hydrogen-bond acceptors (Lipinski definition) is 2. The Morgan fingerprint density at radius 2 is 2.00 bits per heavy atom. The lowest BCUT2D eigenvalue weighted by Gasteiger charge is -2.13. The molecule has 88 valence electrons. The maximum Gasteiger partial charge on any atom is 0.270 e. The molecule has 4 nitrogen and oxygen atoms in total. The van der Waals surface area contributed by atoms with Crippen molar-refractivity contribution in [2.45, 2.75) is 12.8 Å².